The Morgan fingerprint density at radius 1 is 1.11 bits per heavy atom. The monoisotopic (exact) mass is 505 g/mol. The maximum atomic E-state index is 13.0. The van der Waals surface area contributed by atoms with Gasteiger partial charge in [0, 0.05) is 11.3 Å². The van der Waals surface area contributed by atoms with E-state index >= 15 is 0 Å². The fraction of sp³-hybridized carbons (Fsp3) is 0.367. The zero-order valence-corrected chi connectivity index (χ0v) is 22.5. The number of rotatable bonds is 8. The van der Waals surface area contributed by atoms with E-state index in [4.69, 9.17) is 9.47 Å². The number of ether oxygens (including phenoxy) is 2. The molecular formula is C30H35NO4S. The Morgan fingerprint density at radius 3 is 2.56 bits per heavy atom. The van der Waals surface area contributed by atoms with Gasteiger partial charge in [-0.2, -0.15) is 0 Å². The van der Waals surface area contributed by atoms with E-state index in [1.54, 1.807) is 0 Å². The van der Waals surface area contributed by atoms with Crippen molar-refractivity contribution in [3.63, 3.8) is 0 Å². The lowest BCUT2D eigenvalue weighted by molar-refractivity contribution is -0.128. The van der Waals surface area contributed by atoms with Crippen LogP contribution in [0.25, 0.3) is 11.1 Å². The highest BCUT2D eigenvalue weighted by Crippen LogP contribution is 2.41. The Labute approximate surface area is 216 Å². The van der Waals surface area contributed by atoms with Gasteiger partial charge >= 0.3 is 0 Å². The molecule has 0 saturated carbocycles. The molecule has 1 aliphatic heterocycles. The van der Waals surface area contributed by atoms with Crippen LogP contribution < -0.4 is 9.46 Å². The molecule has 0 fully saturated rings. The highest BCUT2D eigenvalue weighted by Gasteiger charge is 2.28. The van der Waals surface area contributed by atoms with E-state index in [0.29, 0.717) is 5.75 Å². The average molecular weight is 506 g/mol. The Kier molecular flexibility index (Phi) is 7.96. The van der Waals surface area contributed by atoms with E-state index in [0.717, 1.165) is 70.6 Å². The van der Waals surface area contributed by atoms with Crippen LogP contribution >= 0.6 is 0 Å². The molecule has 190 valence electrons. The second-order valence-corrected chi connectivity index (χ2v) is 11.5. The lowest BCUT2D eigenvalue weighted by Gasteiger charge is -2.29. The molecule has 0 bridgehead atoms. The average Bonchev–Trinajstić information content (AvgIpc) is 2.84. The minimum atomic E-state index is -1.33. The van der Waals surface area contributed by atoms with Crippen LogP contribution in [0.2, 0.25) is 0 Å². The molecule has 2 atom stereocenters. The number of hydrogen-bond donors (Lipinski definition) is 1. The highest BCUT2D eigenvalue weighted by atomic mass is 32.2. The number of anilines is 1. The maximum absolute atomic E-state index is 13.0. The van der Waals surface area contributed by atoms with Crippen molar-refractivity contribution in [3.8, 4) is 16.9 Å². The number of nitrogens with one attached hydrogen (secondary N) is 1. The van der Waals surface area contributed by atoms with Crippen LogP contribution in [-0.4, -0.2) is 22.7 Å². The first-order valence-electron chi connectivity index (χ1n) is 12.4. The van der Waals surface area contributed by atoms with Gasteiger partial charge in [-0.05, 0) is 99.0 Å². The molecule has 1 N–H and O–H groups in total. The van der Waals surface area contributed by atoms with E-state index in [-0.39, 0.29) is 0 Å². The fourth-order valence-electron chi connectivity index (χ4n) is 4.72. The summed E-state index contributed by atoms with van der Waals surface area (Å²) in [6, 6.07) is 18.0. The summed E-state index contributed by atoms with van der Waals surface area (Å²) in [6.07, 6.45) is 2.05. The summed E-state index contributed by atoms with van der Waals surface area (Å²) in [7, 11) is -1.33. The SMILES string of the molecule is Cc1cc(NS(=O)Cc2ccccc2)c(C)c(C(C=O)OC(C)(C)C)c1-c1ccc2c(c1)CCCO2. The van der Waals surface area contributed by atoms with Crippen molar-refractivity contribution in [3.05, 3.63) is 82.4 Å². The molecule has 2 unspecified atom stereocenters. The van der Waals surface area contributed by atoms with E-state index < -0.39 is 22.7 Å². The summed E-state index contributed by atoms with van der Waals surface area (Å²) >= 11 is 0. The summed E-state index contributed by atoms with van der Waals surface area (Å²) in [4.78, 5) is 12.4. The molecule has 1 aliphatic rings. The van der Waals surface area contributed by atoms with Crippen LogP contribution in [-0.2, 0) is 32.7 Å². The molecule has 0 amide bonds. The second kappa shape index (κ2) is 11.0. The minimum Gasteiger partial charge on any atom is -0.493 e. The van der Waals surface area contributed by atoms with Gasteiger partial charge in [0.15, 0.2) is 6.29 Å². The van der Waals surface area contributed by atoms with Crippen molar-refractivity contribution in [1.82, 2.24) is 0 Å². The quantitative estimate of drug-likeness (QED) is 0.349. The van der Waals surface area contributed by atoms with Crippen LogP contribution in [0.1, 0.15) is 61.1 Å². The molecule has 0 spiro atoms. The van der Waals surface area contributed by atoms with Crippen molar-refractivity contribution in [2.75, 3.05) is 11.3 Å². The molecule has 0 saturated heterocycles. The molecule has 4 rings (SSSR count). The second-order valence-electron chi connectivity index (χ2n) is 10.3. The standard InChI is InChI=1S/C30H35NO4S/c1-20-16-25(31-36(33)19-22-10-7-6-8-11-22)21(2)29(27(18-32)35-30(3,4)5)28(20)24-13-14-26-23(17-24)12-9-15-34-26/h6-8,10-11,13-14,16-18,27,31H,9,12,15,19H2,1-5H3. The fourth-order valence-corrected chi connectivity index (χ4v) is 5.75. The minimum absolute atomic E-state index is 0.386. The third kappa shape index (κ3) is 6.05. The van der Waals surface area contributed by atoms with Crippen molar-refractivity contribution < 1.29 is 18.5 Å². The predicted molar refractivity (Wildman–Crippen MR) is 147 cm³/mol. The zero-order chi connectivity index (χ0) is 25.9. The molecular weight excluding hydrogens is 470 g/mol. The summed E-state index contributed by atoms with van der Waals surface area (Å²) in [5.74, 6) is 1.31. The normalized spacial score (nSPS) is 14.9. The van der Waals surface area contributed by atoms with Crippen LogP contribution in [0.5, 0.6) is 5.75 Å². The molecule has 6 heteroatoms. The summed E-state index contributed by atoms with van der Waals surface area (Å²) < 4.78 is 28.3. The van der Waals surface area contributed by atoms with Gasteiger partial charge in [-0.25, -0.2) is 4.21 Å². The lowest BCUT2D eigenvalue weighted by Crippen LogP contribution is -2.25. The van der Waals surface area contributed by atoms with Crippen molar-refractivity contribution >= 4 is 23.0 Å². The van der Waals surface area contributed by atoms with Crippen molar-refractivity contribution in [2.24, 2.45) is 0 Å². The number of benzene rings is 3. The number of fused-ring (bicyclic) bond motifs is 1. The third-order valence-electron chi connectivity index (χ3n) is 6.28. The van der Waals surface area contributed by atoms with E-state index in [1.807, 2.05) is 77.1 Å². The van der Waals surface area contributed by atoms with Gasteiger partial charge in [0.1, 0.15) is 22.8 Å². The Hall–Kier alpha value is -2.96. The summed E-state index contributed by atoms with van der Waals surface area (Å²) in [5, 5.41) is 0. The maximum Gasteiger partial charge on any atom is 0.153 e. The van der Waals surface area contributed by atoms with Crippen molar-refractivity contribution in [2.45, 2.75) is 64.9 Å². The number of carbonyl (C=O) groups is 1. The van der Waals surface area contributed by atoms with E-state index in [9.17, 15) is 9.00 Å². The van der Waals surface area contributed by atoms with Gasteiger partial charge in [-0.3, -0.25) is 0 Å². The molecule has 5 nitrogen and oxygen atoms in total. The Morgan fingerprint density at radius 2 is 1.86 bits per heavy atom. The number of carbonyl (C=O) groups excluding carboxylic acids is 1. The molecule has 0 aromatic heterocycles. The first kappa shape index (κ1) is 26.1. The van der Waals surface area contributed by atoms with Gasteiger partial charge in [0.25, 0.3) is 0 Å². The predicted octanol–water partition coefficient (Wildman–Crippen LogP) is 6.63. The number of aldehydes is 1. The van der Waals surface area contributed by atoms with Gasteiger partial charge in [0.2, 0.25) is 0 Å². The first-order valence-corrected chi connectivity index (χ1v) is 13.7. The van der Waals surface area contributed by atoms with Crippen molar-refractivity contribution in [1.29, 1.82) is 0 Å². The van der Waals surface area contributed by atoms with Gasteiger partial charge < -0.3 is 19.0 Å². The molecule has 3 aromatic rings. The summed E-state index contributed by atoms with van der Waals surface area (Å²) in [5.41, 5.74) is 7.02. The smallest absolute Gasteiger partial charge is 0.153 e. The zero-order valence-electron chi connectivity index (χ0n) is 21.7. The molecule has 3 aromatic carbocycles. The number of aryl methyl sites for hydroxylation is 2. The topological polar surface area (TPSA) is 64.6 Å². The largest absolute Gasteiger partial charge is 0.493 e. The van der Waals surface area contributed by atoms with Crippen LogP contribution in [0.3, 0.4) is 0 Å². The molecule has 0 aliphatic carbocycles. The van der Waals surface area contributed by atoms with Gasteiger partial charge in [-0.1, -0.05) is 36.4 Å². The van der Waals surface area contributed by atoms with Crippen LogP contribution in [0.15, 0.2) is 54.6 Å². The van der Waals surface area contributed by atoms with Gasteiger partial charge in [-0.15, -0.1) is 0 Å². The number of hydrogen-bond acceptors (Lipinski definition) is 4. The molecule has 36 heavy (non-hydrogen) atoms. The van der Waals surface area contributed by atoms with Crippen LogP contribution in [0, 0.1) is 13.8 Å². The Balaban J connectivity index is 1.80. The van der Waals surface area contributed by atoms with E-state index in [1.165, 1.54) is 5.56 Å². The lowest BCUT2D eigenvalue weighted by atomic mass is 9.86. The van der Waals surface area contributed by atoms with E-state index in [2.05, 4.69) is 16.9 Å². The third-order valence-corrected chi connectivity index (χ3v) is 7.33. The molecule has 0 radical (unpaired) electrons. The summed E-state index contributed by atoms with van der Waals surface area (Å²) in [6.45, 7) is 10.6. The molecule has 1 heterocycles. The highest BCUT2D eigenvalue weighted by molar-refractivity contribution is 7.85. The Bertz CT molecular complexity index is 1260. The first-order chi connectivity index (χ1) is 17.2. The van der Waals surface area contributed by atoms with Crippen LogP contribution in [0.4, 0.5) is 5.69 Å². The van der Waals surface area contributed by atoms with Gasteiger partial charge in [0.05, 0.1) is 18.0 Å².